The number of nitrogens with zero attached hydrogens (tertiary/aromatic N) is 3. The molecule has 0 bridgehead atoms. The fourth-order valence-corrected chi connectivity index (χ4v) is 4.41. The summed E-state index contributed by atoms with van der Waals surface area (Å²) >= 11 is 24.6. The highest BCUT2D eigenvalue weighted by Crippen LogP contribution is 2.33. The minimum Gasteiger partial charge on any atom is -0.371 e. The third-order valence-corrected chi connectivity index (χ3v) is 6.96. The van der Waals surface area contributed by atoms with Gasteiger partial charge in [0, 0.05) is 30.2 Å². The maximum absolute atomic E-state index is 6.21. The topological polar surface area (TPSA) is 53.1 Å². The predicted octanol–water partition coefficient (Wildman–Crippen LogP) is 8.33. The molecule has 0 amide bonds. The molecule has 0 radical (unpaired) electrons. The zero-order valence-corrected chi connectivity index (χ0v) is 20.4. The Morgan fingerprint density at radius 2 is 1.15 bits per heavy atom. The van der Waals surface area contributed by atoms with E-state index in [1.54, 1.807) is 24.3 Å². The Bertz CT molecular complexity index is 1340. The van der Waals surface area contributed by atoms with Crippen LogP contribution in [0.25, 0.3) is 11.0 Å². The van der Waals surface area contributed by atoms with E-state index in [1.165, 1.54) is 12.8 Å². The van der Waals surface area contributed by atoms with E-state index in [0.717, 1.165) is 41.2 Å². The number of anilines is 5. The first kappa shape index (κ1) is 22.4. The molecule has 2 heterocycles. The zero-order chi connectivity index (χ0) is 22.9. The van der Waals surface area contributed by atoms with Crippen LogP contribution >= 0.6 is 46.4 Å². The average Bonchev–Trinajstić information content (AvgIpc) is 3.34. The van der Waals surface area contributed by atoms with Crippen molar-refractivity contribution >= 4 is 86.1 Å². The largest absolute Gasteiger partial charge is 0.371 e. The van der Waals surface area contributed by atoms with Crippen LogP contribution in [0.3, 0.4) is 0 Å². The maximum Gasteiger partial charge on any atom is 0.174 e. The molecule has 0 saturated carbocycles. The van der Waals surface area contributed by atoms with E-state index in [0.29, 0.717) is 31.7 Å². The number of benzene rings is 3. The molecule has 1 aliphatic heterocycles. The molecule has 5 nitrogen and oxygen atoms in total. The Hall–Kier alpha value is -2.44. The molecule has 168 valence electrons. The van der Waals surface area contributed by atoms with Gasteiger partial charge < -0.3 is 15.5 Å². The molecule has 0 aliphatic carbocycles. The smallest absolute Gasteiger partial charge is 0.174 e. The lowest BCUT2D eigenvalue weighted by Crippen LogP contribution is -2.17. The van der Waals surface area contributed by atoms with E-state index in [-0.39, 0.29) is 0 Å². The zero-order valence-electron chi connectivity index (χ0n) is 17.4. The van der Waals surface area contributed by atoms with Gasteiger partial charge in [0.15, 0.2) is 11.6 Å². The summed E-state index contributed by atoms with van der Waals surface area (Å²) in [5.74, 6) is 1.09. The Kier molecular flexibility index (Phi) is 6.39. The third-order valence-electron chi connectivity index (χ3n) is 5.48. The van der Waals surface area contributed by atoms with E-state index in [4.69, 9.17) is 56.4 Å². The molecule has 4 aromatic rings. The van der Waals surface area contributed by atoms with Crippen LogP contribution in [0.5, 0.6) is 0 Å². The summed E-state index contributed by atoms with van der Waals surface area (Å²) < 4.78 is 0. The molecular formula is C24H19Cl4N5. The number of hydrogen-bond acceptors (Lipinski definition) is 5. The van der Waals surface area contributed by atoms with Crippen LogP contribution in [0, 0.1) is 0 Å². The van der Waals surface area contributed by atoms with E-state index >= 15 is 0 Å². The van der Waals surface area contributed by atoms with Crippen molar-refractivity contribution in [1.82, 2.24) is 9.97 Å². The van der Waals surface area contributed by atoms with Gasteiger partial charge in [0.2, 0.25) is 0 Å². The van der Waals surface area contributed by atoms with Crippen molar-refractivity contribution in [3.63, 3.8) is 0 Å². The predicted molar refractivity (Wildman–Crippen MR) is 140 cm³/mol. The van der Waals surface area contributed by atoms with Gasteiger partial charge in [0.05, 0.1) is 31.1 Å². The lowest BCUT2D eigenvalue weighted by Gasteiger charge is -2.19. The molecule has 2 N–H and O–H groups in total. The van der Waals surface area contributed by atoms with E-state index in [1.807, 2.05) is 18.2 Å². The third kappa shape index (κ3) is 4.92. The quantitative estimate of drug-likeness (QED) is 0.278. The van der Waals surface area contributed by atoms with Crippen LogP contribution < -0.4 is 15.5 Å². The summed E-state index contributed by atoms with van der Waals surface area (Å²) in [7, 11) is 0. The van der Waals surface area contributed by atoms with Gasteiger partial charge >= 0.3 is 0 Å². The van der Waals surface area contributed by atoms with Gasteiger partial charge in [0.1, 0.15) is 0 Å². The van der Waals surface area contributed by atoms with Crippen molar-refractivity contribution in [2.24, 2.45) is 0 Å². The minimum atomic E-state index is 0.449. The van der Waals surface area contributed by atoms with E-state index in [9.17, 15) is 0 Å². The van der Waals surface area contributed by atoms with Gasteiger partial charge in [0.25, 0.3) is 0 Å². The van der Waals surface area contributed by atoms with Crippen LogP contribution in [0.15, 0.2) is 54.6 Å². The van der Waals surface area contributed by atoms with Gasteiger partial charge in [-0.1, -0.05) is 46.4 Å². The van der Waals surface area contributed by atoms with Gasteiger partial charge in [-0.3, -0.25) is 0 Å². The summed E-state index contributed by atoms with van der Waals surface area (Å²) in [6, 6.07) is 16.8. The fourth-order valence-electron chi connectivity index (χ4n) is 3.81. The molecule has 0 atom stereocenters. The number of hydrogen-bond donors (Lipinski definition) is 2. The van der Waals surface area contributed by atoms with Gasteiger partial charge in [-0.2, -0.15) is 0 Å². The van der Waals surface area contributed by atoms with Crippen molar-refractivity contribution in [2.75, 3.05) is 28.6 Å². The van der Waals surface area contributed by atoms with Crippen LogP contribution in [-0.2, 0) is 0 Å². The van der Waals surface area contributed by atoms with Crippen molar-refractivity contribution in [2.45, 2.75) is 12.8 Å². The Morgan fingerprint density at radius 1 is 0.606 bits per heavy atom. The number of rotatable bonds is 5. The second-order valence-corrected chi connectivity index (χ2v) is 9.42. The van der Waals surface area contributed by atoms with Crippen molar-refractivity contribution in [1.29, 1.82) is 0 Å². The minimum absolute atomic E-state index is 0.449. The van der Waals surface area contributed by atoms with Crippen LogP contribution in [0.2, 0.25) is 20.1 Å². The first-order valence-corrected chi connectivity index (χ1v) is 12.0. The van der Waals surface area contributed by atoms with Crippen molar-refractivity contribution in [3.05, 3.63) is 74.7 Å². The maximum atomic E-state index is 6.21. The highest BCUT2D eigenvalue weighted by Gasteiger charge is 2.16. The Labute approximate surface area is 211 Å². The normalized spacial score (nSPS) is 13.5. The monoisotopic (exact) mass is 517 g/mol. The molecule has 0 unspecified atom stereocenters. The van der Waals surface area contributed by atoms with Gasteiger partial charge in [-0.25, -0.2) is 9.97 Å². The molecule has 3 aromatic carbocycles. The number of fused-ring (bicyclic) bond motifs is 1. The van der Waals surface area contributed by atoms with Crippen LogP contribution in [0.1, 0.15) is 12.8 Å². The molecule has 33 heavy (non-hydrogen) atoms. The summed E-state index contributed by atoms with van der Waals surface area (Å²) in [6.45, 7) is 2.12. The van der Waals surface area contributed by atoms with E-state index < -0.39 is 0 Å². The van der Waals surface area contributed by atoms with Crippen LogP contribution in [0.4, 0.5) is 28.7 Å². The molecule has 1 fully saturated rings. The SMILES string of the molecule is Clc1ccc(Nc2nc3ccc(N4CCCC4)cc3nc2Nc2ccc(Cl)c(Cl)c2)cc1Cl. The number of nitrogens with one attached hydrogen (secondary N) is 2. The molecular weight excluding hydrogens is 500 g/mol. The molecule has 1 aliphatic rings. The highest BCUT2D eigenvalue weighted by atomic mass is 35.5. The first-order chi connectivity index (χ1) is 16.0. The van der Waals surface area contributed by atoms with Gasteiger partial charge in [-0.05, 0) is 67.4 Å². The van der Waals surface area contributed by atoms with Crippen molar-refractivity contribution in [3.8, 4) is 0 Å². The van der Waals surface area contributed by atoms with Gasteiger partial charge in [-0.15, -0.1) is 0 Å². The molecule has 1 aromatic heterocycles. The highest BCUT2D eigenvalue weighted by molar-refractivity contribution is 6.42. The second kappa shape index (κ2) is 9.43. The first-order valence-electron chi connectivity index (χ1n) is 10.5. The fraction of sp³-hybridized carbons (Fsp3) is 0.167. The molecule has 5 rings (SSSR count). The summed E-state index contributed by atoms with van der Waals surface area (Å²) in [5, 5.41) is 8.48. The summed E-state index contributed by atoms with van der Waals surface area (Å²) in [5.41, 5.74) is 4.21. The summed E-state index contributed by atoms with van der Waals surface area (Å²) in [4.78, 5) is 12.1. The Morgan fingerprint density at radius 3 is 1.70 bits per heavy atom. The number of aromatic nitrogens is 2. The molecule has 9 heteroatoms. The molecule has 1 saturated heterocycles. The standard InChI is InChI=1S/C24H19Cl4N5/c25-17-6-3-14(11-19(17)27)29-23-24(30-15-4-7-18(26)20(28)12-15)32-22-13-16(5-8-21(22)31-23)33-9-1-2-10-33/h3-8,11-13H,1-2,9-10H2,(H,29,31)(H,30,32). The average molecular weight is 519 g/mol. The second-order valence-electron chi connectivity index (χ2n) is 7.80. The van der Waals surface area contributed by atoms with Crippen LogP contribution in [-0.4, -0.2) is 23.1 Å². The number of halogens is 4. The molecule has 0 spiro atoms. The lowest BCUT2D eigenvalue weighted by molar-refractivity contribution is 0.949. The van der Waals surface area contributed by atoms with Crippen molar-refractivity contribution < 1.29 is 0 Å². The Balaban J connectivity index is 1.57. The van der Waals surface area contributed by atoms with E-state index in [2.05, 4.69) is 27.7 Å². The lowest BCUT2D eigenvalue weighted by atomic mass is 10.2. The summed E-state index contributed by atoms with van der Waals surface area (Å²) in [6.07, 6.45) is 2.42.